The maximum Gasteiger partial charge on any atom is 0.303 e. The molecule has 2 fully saturated rings. The first-order chi connectivity index (χ1) is 12.4. The van der Waals surface area contributed by atoms with E-state index in [1.165, 1.54) is 7.11 Å². The van der Waals surface area contributed by atoms with Crippen molar-refractivity contribution in [1.29, 1.82) is 0 Å². The Balaban J connectivity index is 1.71. The van der Waals surface area contributed by atoms with E-state index >= 15 is 0 Å². The predicted octanol–water partition coefficient (Wildman–Crippen LogP) is -2.91. The smallest absolute Gasteiger partial charge is 0.303 e. The topological polar surface area (TPSA) is 158 Å². The number of hydroxylamine groups is 2. The third-order valence-corrected chi connectivity index (χ3v) is 4.79. The fourth-order valence-corrected chi connectivity index (χ4v) is 3.22. The molecule has 0 aromatic carbocycles. The third-order valence-electron chi connectivity index (χ3n) is 4.79. The van der Waals surface area contributed by atoms with E-state index in [-0.39, 0.29) is 6.10 Å². The number of hydrogen-bond acceptors (Lipinski definition) is 10. The first kappa shape index (κ1) is 19.6. The second kappa shape index (κ2) is 7.84. The zero-order valence-corrected chi connectivity index (χ0v) is 14.0. The predicted molar refractivity (Wildman–Crippen MR) is 80.5 cm³/mol. The molecule has 0 saturated carbocycles. The molecule has 26 heavy (non-hydrogen) atoms. The van der Waals surface area contributed by atoms with Crippen LogP contribution in [0.4, 0.5) is 0 Å². The Morgan fingerprint density at radius 2 is 1.92 bits per heavy atom. The van der Waals surface area contributed by atoms with Crippen LogP contribution in [0.15, 0.2) is 12.2 Å². The van der Waals surface area contributed by atoms with Crippen LogP contribution in [0.1, 0.15) is 6.42 Å². The number of amides is 1. The number of carbonyl (C=O) groups excluding carboxylic acids is 1. The first-order valence-electron chi connectivity index (χ1n) is 8.22. The number of aliphatic hydroxyl groups excluding tert-OH is 4. The van der Waals surface area contributed by atoms with Crippen LogP contribution < -0.4 is 0 Å². The zero-order chi connectivity index (χ0) is 19.0. The van der Waals surface area contributed by atoms with Crippen LogP contribution >= 0.6 is 0 Å². The van der Waals surface area contributed by atoms with Crippen molar-refractivity contribution >= 4 is 5.91 Å². The molecule has 1 amide bonds. The molecule has 0 aromatic heterocycles. The minimum absolute atomic E-state index is 0.259. The van der Waals surface area contributed by atoms with Crippen molar-refractivity contribution in [1.82, 2.24) is 5.06 Å². The normalized spacial score (nSPS) is 46.3. The maximum absolute atomic E-state index is 12.3. The molecule has 0 bridgehead atoms. The van der Waals surface area contributed by atoms with Gasteiger partial charge in [-0.2, -0.15) is 0 Å². The van der Waals surface area contributed by atoms with Gasteiger partial charge < -0.3 is 39.4 Å². The highest BCUT2D eigenvalue weighted by Crippen LogP contribution is 2.30. The van der Waals surface area contributed by atoms with E-state index in [1.54, 1.807) is 12.2 Å². The van der Waals surface area contributed by atoms with E-state index in [0.717, 1.165) is 0 Å². The molecule has 3 aliphatic rings. The zero-order valence-electron chi connectivity index (χ0n) is 14.0. The first-order valence-corrected chi connectivity index (χ1v) is 8.22. The van der Waals surface area contributed by atoms with Gasteiger partial charge in [0.05, 0.1) is 18.8 Å². The number of methoxy groups -OCH3 is 1. The standard InChI is InChI=1S/C15H23NO10/c1-23-6-2-3-7-8(4-6)24-15(13(21)16(7)22)26-14-12(20)11(19)10(18)9(5-17)25-14/h2-3,6-12,14-15,17-20,22H,4-5H2,1H3. The number of carbonyl (C=O) groups is 1. The van der Waals surface area contributed by atoms with E-state index in [2.05, 4.69) is 0 Å². The minimum Gasteiger partial charge on any atom is -0.394 e. The molecule has 11 nitrogen and oxygen atoms in total. The van der Waals surface area contributed by atoms with Crippen LogP contribution in [0.25, 0.3) is 0 Å². The minimum atomic E-state index is -1.69. The molecular formula is C15H23NO10. The average molecular weight is 377 g/mol. The Kier molecular flexibility index (Phi) is 5.91. The summed E-state index contributed by atoms with van der Waals surface area (Å²) in [5.74, 6) is -0.913. The molecule has 2 saturated heterocycles. The van der Waals surface area contributed by atoms with Gasteiger partial charge in [-0.15, -0.1) is 0 Å². The SMILES string of the molecule is COC1C=CC2C(C1)OC(OC1OC(CO)C(O)C(O)C1O)C(=O)N2O. The van der Waals surface area contributed by atoms with Crippen molar-refractivity contribution in [2.75, 3.05) is 13.7 Å². The van der Waals surface area contributed by atoms with Gasteiger partial charge in [0.2, 0.25) is 6.29 Å². The second-order valence-corrected chi connectivity index (χ2v) is 6.41. The van der Waals surface area contributed by atoms with Gasteiger partial charge in [-0.25, -0.2) is 5.06 Å². The molecule has 9 unspecified atom stereocenters. The molecule has 2 heterocycles. The summed E-state index contributed by atoms with van der Waals surface area (Å²) in [5, 5.41) is 49.3. The molecule has 11 heteroatoms. The van der Waals surface area contributed by atoms with E-state index in [1.807, 2.05) is 0 Å². The Bertz CT molecular complexity index is 543. The van der Waals surface area contributed by atoms with Crippen LogP contribution in [-0.4, -0.2) is 106 Å². The van der Waals surface area contributed by atoms with Crippen molar-refractivity contribution in [3.05, 3.63) is 12.2 Å². The van der Waals surface area contributed by atoms with E-state index in [4.69, 9.17) is 18.9 Å². The molecule has 2 aliphatic heterocycles. The van der Waals surface area contributed by atoms with Gasteiger partial charge in [0.25, 0.3) is 0 Å². The van der Waals surface area contributed by atoms with Crippen LogP contribution in [0.3, 0.4) is 0 Å². The summed E-state index contributed by atoms with van der Waals surface area (Å²) < 4.78 is 21.3. The quantitative estimate of drug-likeness (QED) is 0.254. The Labute approximate surface area is 148 Å². The van der Waals surface area contributed by atoms with Gasteiger partial charge in [-0.05, 0) is 0 Å². The summed E-state index contributed by atoms with van der Waals surface area (Å²) in [4.78, 5) is 12.3. The van der Waals surface area contributed by atoms with Crippen LogP contribution in [-0.2, 0) is 23.7 Å². The molecule has 0 aromatic rings. The van der Waals surface area contributed by atoms with Gasteiger partial charge in [-0.3, -0.25) is 10.0 Å². The van der Waals surface area contributed by atoms with Crippen molar-refractivity contribution in [2.24, 2.45) is 0 Å². The lowest BCUT2D eigenvalue weighted by Gasteiger charge is -2.44. The van der Waals surface area contributed by atoms with E-state index in [9.17, 15) is 30.4 Å². The highest BCUT2D eigenvalue weighted by molar-refractivity contribution is 5.80. The Morgan fingerprint density at radius 1 is 1.19 bits per heavy atom. The molecule has 1 aliphatic carbocycles. The van der Waals surface area contributed by atoms with Gasteiger partial charge >= 0.3 is 5.91 Å². The largest absolute Gasteiger partial charge is 0.394 e. The Morgan fingerprint density at radius 3 is 2.58 bits per heavy atom. The number of hydrogen-bond donors (Lipinski definition) is 5. The van der Waals surface area contributed by atoms with Crippen molar-refractivity contribution < 1.29 is 49.4 Å². The lowest BCUT2D eigenvalue weighted by Crippen LogP contribution is -2.63. The maximum atomic E-state index is 12.3. The van der Waals surface area contributed by atoms with Crippen LogP contribution in [0.5, 0.6) is 0 Å². The molecule has 5 N–H and O–H groups in total. The summed E-state index contributed by atoms with van der Waals surface area (Å²) in [5.41, 5.74) is 0. The molecular weight excluding hydrogens is 354 g/mol. The van der Waals surface area contributed by atoms with Crippen molar-refractivity contribution in [3.8, 4) is 0 Å². The lowest BCUT2D eigenvalue weighted by atomic mass is 9.95. The van der Waals surface area contributed by atoms with Gasteiger partial charge in [0.1, 0.15) is 30.5 Å². The summed E-state index contributed by atoms with van der Waals surface area (Å²) in [6.45, 7) is -0.637. The number of ether oxygens (including phenoxy) is 4. The second-order valence-electron chi connectivity index (χ2n) is 6.41. The van der Waals surface area contributed by atoms with E-state index < -0.39 is 61.7 Å². The van der Waals surface area contributed by atoms with Crippen molar-refractivity contribution in [2.45, 2.75) is 61.7 Å². The molecule has 148 valence electrons. The number of nitrogens with zero attached hydrogens (tertiary/aromatic N) is 1. The molecule has 0 radical (unpaired) electrons. The lowest BCUT2D eigenvalue weighted by molar-refractivity contribution is -0.350. The molecule has 0 spiro atoms. The summed E-state index contributed by atoms with van der Waals surface area (Å²) in [6.07, 6.45) is -6.47. The highest BCUT2D eigenvalue weighted by Gasteiger charge is 2.49. The third kappa shape index (κ3) is 3.50. The monoisotopic (exact) mass is 377 g/mol. The fraction of sp³-hybridized carbons (Fsp3) is 0.800. The highest BCUT2D eigenvalue weighted by atomic mass is 16.8. The summed E-state index contributed by atoms with van der Waals surface area (Å²) >= 11 is 0. The van der Waals surface area contributed by atoms with Crippen LogP contribution in [0, 0.1) is 0 Å². The summed E-state index contributed by atoms with van der Waals surface area (Å²) in [6, 6.07) is -0.705. The Hall–Kier alpha value is -1.15. The molecule has 9 atom stereocenters. The van der Waals surface area contributed by atoms with Gasteiger partial charge in [0.15, 0.2) is 6.29 Å². The molecule has 3 rings (SSSR count). The van der Waals surface area contributed by atoms with Gasteiger partial charge in [0, 0.05) is 13.5 Å². The number of rotatable bonds is 4. The summed E-state index contributed by atoms with van der Waals surface area (Å²) in [7, 11) is 1.52. The van der Waals surface area contributed by atoms with Crippen molar-refractivity contribution in [3.63, 3.8) is 0 Å². The number of fused-ring (bicyclic) bond motifs is 1. The van der Waals surface area contributed by atoms with Gasteiger partial charge in [-0.1, -0.05) is 12.2 Å². The number of morpholine rings is 1. The fourth-order valence-electron chi connectivity index (χ4n) is 3.22. The average Bonchev–Trinajstić information content (AvgIpc) is 2.65. The van der Waals surface area contributed by atoms with E-state index in [0.29, 0.717) is 11.5 Å². The van der Waals surface area contributed by atoms with Crippen LogP contribution in [0.2, 0.25) is 0 Å². The number of aliphatic hydroxyl groups is 4.